The summed E-state index contributed by atoms with van der Waals surface area (Å²) in [7, 11) is 0. The van der Waals surface area contributed by atoms with Crippen LogP contribution < -0.4 is 0 Å². The lowest BCUT2D eigenvalue weighted by atomic mass is 10.2. The first-order valence-electron chi connectivity index (χ1n) is 3.03. The average molecular weight is 215 g/mol. The van der Waals surface area contributed by atoms with Gasteiger partial charge in [-0.2, -0.15) is 0 Å². The summed E-state index contributed by atoms with van der Waals surface area (Å²) < 4.78 is 0.813. The zero-order valence-corrected chi connectivity index (χ0v) is 7.54. The molecule has 0 bridgehead atoms. The zero-order valence-electron chi connectivity index (χ0n) is 5.95. The second-order valence-corrected chi connectivity index (χ2v) is 2.87. The lowest BCUT2D eigenvalue weighted by Crippen LogP contribution is -1.87. The van der Waals surface area contributed by atoms with Gasteiger partial charge in [0.25, 0.3) is 0 Å². The molecule has 3 nitrogen and oxygen atoms in total. The van der Waals surface area contributed by atoms with Crippen LogP contribution in [0, 0.1) is 6.92 Å². The Morgan fingerprint density at radius 1 is 1.73 bits per heavy atom. The predicted molar refractivity (Wildman–Crippen MR) is 46.1 cm³/mol. The van der Waals surface area contributed by atoms with Gasteiger partial charge in [-0.3, -0.25) is 0 Å². The molecule has 1 rings (SSSR count). The van der Waals surface area contributed by atoms with E-state index in [-0.39, 0.29) is 0 Å². The molecule has 0 atom stereocenters. The van der Waals surface area contributed by atoms with Gasteiger partial charge in [-0.25, -0.2) is 4.98 Å². The molecule has 0 amide bonds. The monoisotopic (exact) mass is 214 g/mol. The Hall–Kier alpha value is -0.900. The van der Waals surface area contributed by atoms with Crippen LogP contribution in [0.2, 0.25) is 0 Å². The molecule has 0 radical (unpaired) electrons. The fourth-order valence-corrected chi connectivity index (χ4v) is 0.934. The van der Waals surface area contributed by atoms with E-state index >= 15 is 0 Å². The van der Waals surface area contributed by atoms with E-state index in [0.29, 0.717) is 0 Å². The van der Waals surface area contributed by atoms with Crippen LogP contribution >= 0.6 is 15.9 Å². The van der Waals surface area contributed by atoms with E-state index in [9.17, 15) is 0 Å². The van der Waals surface area contributed by atoms with Crippen molar-refractivity contribution in [1.82, 2.24) is 4.98 Å². The zero-order chi connectivity index (χ0) is 8.27. The van der Waals surface area contributed by atoms with E-state index in [1.807, 2.05) is 13.0 Å². The predicted octanol–water partition coefficient (Wildman–Crippen LogP) is 1.96. The van der Waals surface area contributed by atoms with Gasteiger partial charge >= 0.3 is 0 Å². The third-order valence-corrected chi connectivity index (χ3v) is 2.07. The molecule has 0 fully saturated rings. The van der Waals surface area contributed by atoms with Crippen molar-refractivity contribution >= 4 is 22.1 Å². The molecule has 58 valence electrons. The van der Waals surface area contributed by atoms with Crippen LogP contribution in [0.3, 0.4) is 0 Å². The molecule has 0 unspecified atom stereocenters. The highest BCUT2D eigenvalue weighted by atomic mass is 79.9. The summed E-state index contributed by atoms with van der Waals surface area (Å²) in [6.07, 6.45) is 2.96. The van der Waals surface area contributed by atoms with Gasteiger partial charge in [0, 0.05) is 11.8 Å². The molecule has 4 heteroatoms. The van der Waals surface area contributed by atoms with Crippen LogP contribution in [0.15, 0.2) is 22.0 Å². The summed E-state index contributed by atoms with van der Waals surface area (Å²) in [5.74, 6) is 0. The molecule has 1 heterocycles. The van der Waals surface area contributed by atoms with Gasteiger partial charge in [-0.15, -0.1) is 0 Å². The number of oxime groups is 1. The van der Waals surface area contributed by atoms with Crippen LogP contribution in [0.5, 0.6) is 0 Å². The first-order valence-corrected chi connectivity index (χ1v) is 3.83. The van der Waals surface area contributed by atoms with Crippen molar-refractivity contribution in [2.75, 3.05) is 0 Å². The summed E-state index contributed by atoms with van der Waals surface area (Å²) in [5, 5.41) is 11.1. The Morgan fingerprint density at radius 2 is 2.45 bits per heavy atom. The lowest BCUT2D eigenvalue weighted by Gasteiger charge is -1.96. The molecule has 11 heavy (non-hydrogen) atoms. The standard InChI is InChI=1S/C7H7BrN2O/c1-5-2-6(4-10-11)3-9-7(5)8/h2-4,11H,1H3/b10-4+. The maximum atomic E-state index is 8.21. The number of rotatable bonds is 1. The van der Waals surface area contributed by atoms with E-state index < -0.39 is 0 Å². The Kier molecular flexibility index (Phi) is 2.59. The van der Waals surface area contributed by atoms with Crippen molar-refractivity contribution in [3.63, 3.8) is 0 Å². The second-order valence-electron chi connectivity index (χ2n) is 2.12. The molecule has 0 spiro atoms. The van der Waals surface area contributed by atoms with Gasteiger partial charge in [0.1, 0.15) is 4.60 Å². The van der Waals surface area contributed by atoms with Crippen molar-refractivity contribution < 1.29 is 5.21 Å². The number of halogens is 1. The maximum Gasteiger partial charge on any atom is 0.109 e. The number of hydrogen-bond acceptors (Lipinski definition) is 3. The van der Waals surface area contributed by atoms with Crippen molar-refractivity contribution in [2.45, 2.75) is 6.92 Å². The molecule has 0 saturated heterocycles. The normalized spacial score (nSPS) is 10.7. The van der Waals surface area contributed by atoms with Crippen LogP contribution in [-0.4, -0.2) is 16.4 Å². The third kappa shape index (κ3) is 2.01. The minimum Gasteiger partial charge on any atom is -0.411 e. The molecule has 1 aromatic rings. The van der Waals surface area contributed by atoms with Gasteiger partial charge in [0.2, 0.25) is 0 Å². The minimum atomic E-state index is 0.785. The fraction of sp³-hybridized carbons (Fsp3) is 0.143. The molecule has 1 aromatic heterocycles. The summed E-state index contributed by atoms with van der Waals surface area (Å²) in [5.41, 5.74) is 1.80. The van der Waals surface area contributed by atoms with Crippen LogP contribution in [0.4, 0.5) is 0 Å². The van der Waals surface area contributed by atoms with Crippen molar-refractivity contribution in [1.29, 1.82) is 0 Å². The number of hydrogen-bond donors (Lipinski definition) is 1. The topological polar surface area (TPSA) is 45.5 Å². The molecule has 0 aliphatic carbocycles. The Bertz CT molecular complexity index is 286. The summed E-state index contributed by atoms with van der Waals surface area (Å²) in [6, 6.07) is 1.87. The summed E-state index contributed by atoms with van der Waals surface area (Å²) in [6.45, 7) is 1.92. The Labute approximate surface area is 72.9 Å². The van der Waals surface area contributed by atoms with E-state index in [0.717, 1.165) is 15.7 Å². The van der Waals surface area contributed by atoms with E-state index in [1.54, 1.807) is 6.20 Å². The fourth-order valence-electron chi connectivity index (χ4n) is 0.717. The van der Waals surface area contributed by atoms with Gasteiger partial charge < -0.3 is 5.21 Å². The lowest BCUT2D eigenvalue weighted by molar-refractivity contribution is 0.322. The maximum absolute atomic E-state index is 8.21. The van der Waals surface area contributed by atoms with Crippen LogP contribution in [-0.2, 0) is 0 Å². The molecular formula is C7H7BrN2O. The van der Waals surface area contributed by atoms with Crippen LogP contribution in [0.25, 0.3) is 0 Å². The van der Waals surface area contributed by atoms with Gasteiger partial charge in [-0.1, -0.05) is 5.16 Å². The van der Waals surface area contributed by atoms with Gasteiger partial charge in [0.05, 0.1) is 6.21 Å². The van der Waals surface area contributed by atoms with Gasteiger partial charge in [0.15, 0.2) is 0 Å². The highest BCUT2D eigenvalue weighted by molar-refractivity contribution is 9.10. The molecule has 0 aliphatic heterocycles. The van der Waals surface area contributed by atoms with E-state index in [1.165, 1.54) is 6.21 Å². The van der Waals surface area contributed by atoms with Crippen molar-refractivity contribution in [3.8, 4) is 0 Å². The van der Waals surface area contributed by atoms with E-state index in [4.69, 9.17) is 5.21 Å². The quantitative estimate of drug-likeness (QED) is 0.337. The SMILES string of the molecule is Cc1cc(/C=N/O)cnc1Br. The summed E-state index contributed by atoms with van der Waals surface area (Å²) in [4.78, 5) is 4.01. The molecule has 0 aliphatic rings. The minimum absolute atomic E-state index is 0.785. The Balaban J connectivity index is 3.05. The van der Waals surface area contributed by atoms with Crippen LogP contribution in [0.1, 0.15) is 11.1 Å². The highest BCUT2D eigenvalue weighted by Gasteiger charge is 1.95. The molecule has 0 aromatic carbocycles. The average Bonchev–Trinajstić information content (AvgIpc) is 1.98. The first kappa shape index (κ1) is 8.20. The first-order chi connectivity index (χ1) is 5.24. The second kappa shape index (κ2) is 3.48. The number of aromatic nitrogens is 1. The van der Waals surface area contributed by atoms with E-state index in [2.05, 4.69) is 26.1 Å². The number of pyridine rings is 1. The van der Waals surface area contributed by atoms with Gasteiger partial charge in [-0.05, 0) is 34.5 Å². The number of aryl methyl sites for hydroxylation is 1. The largest absolute Gasteiger partial charge is 0.411 e. The molecule has 0 saturated carbocycles. The van der Waals surface area contributed by atoms with Crippen molar-refractivity contribution in [3.05, 3.63) is 28.0 Å². The third-order valence-electron chi connectivity index (χ3n) is 1.24. The molecule has 1 N–H and O–H groups in total. The smallest absolute Gasteiger partial charge is 0.109 e. The molecular weight excluding hydrogens is 208 g/mol. The summed E-state index contributed by atoms with van der Waals surface area (Å²) >= 11 is 3.26. The Morgan fingerprint density at radius 3 is 3.00 bits per heavy atom. The van der Waals surface area contributed by atoms with Crippen molar-refractivity contribution in [2.24, 2.45) is 5.16 Å². The number of nitrogens with zero attached hydrogens (tertiary/aromatic N) is 2. The highest BCUT2D eigenvalue weighted by Crippen LogP contribution is 2.12.